The van der Waals surface area contributed by atoms with Crippen LogP contribution >= 0.6 is 0 Å². The molecule has 0 fully saturated rings. The van der Waals surface area contributed by atoms with Gasteiger partial charge in [-0.1, -0.05) is 30.3 Å². The number of para-hydroxylation sites is 1. The number of likely N-dealkylation sites (N-methyl/N-ethyl adjacent to an activating group) is 1. The van der Waals surface area contributed by atoms with Crippen LogP contribution in [0.15, 0.2) is 73.3 Å². The Hall–Kier alpha value is -3.61. The third-order valence-electron chi connectivity index (χ3n) is 4.52. The van der Waals surface area contributed by atoms with Gasteiger partial charge in [-0.3, -0.25) is 4.79 Å². The second kappa shape index (κ2) is 10.1. The van der Waals surface area contributed by atoms with E-state index in [1.165, 1.54) is 0 Å². The fourth-order valence-corrected chi connectivity index (χ4v) is 2.85. The number of benzene rings is 2. The molecule has 7 nitrogen and oxygen atoms in total. The van der Waals surface area contributed by atoms with Crippen LogP contribution < -0.4 is 15.5 Å². The minimum atomic E-state index is -0.247. The second-order valence-electron chi connectivity index (χ2n) is 6.70. The fraction of sp³-hybridized carbons (Fsp3) is 0.227. The molecular weight excluding hydrogens is 366 g/mol. The maximum Gasteiger partial charge on any atom is 0.319 e. The average Bonchev–Trinajstić information content (AvgIpc) is 3.26. The van der Waals surface area contributed by atoms with Crippen molar-refractivity contribution in [3.63, 3.8) is 0 Å². The van der Waals surface area contributed by atoms with Crippen LogP contribution in [-0.4, -0.2) is 35.1 Å². The minimum Gasteiger partial charge on any atom is -0.338 e. The average molecular weight is 391 g/mol. The smallest absolute Gasteiger partial charge is 0.319 e. The molecule has 1 heterocycles. The lowest BCUT2D eigenvalue weighted by Gasteiger charge is -2.17. The van der Waals surface area contributed by atoms with Gasteiger partial charge in [0.2, 0.25) is 5.91 Å². The zero-order valence-corrected chi connectivity index (χ0v) is 16.4. The van der Waals surface area contributed by atoms with E-state index in [2.05, 4.69) is 15.6 Å². The molecule has 3 amide bonds. The number of aryl methyl sites for hydroxylation is 1. The largest absolute Gasteiger partial charge is 0.338 e. The van der Waals surface area contributed by atoms with Gasteiger partial charge in [-0.2, -0.15) is 0 Å². The Balaban J connectivity index is 1.42. The highest BCUT2D eigenvalue weighted by Crippen LogP contribution is 2.15. The number of urea groups is 1. The minimum absolute atomic E-state index is 0.00699. The van der Waals surface area contributed by atoms with Crippen molar-refractivity contribution in [2.75, 3.05) is 23.8 Å². The van der Waals surface area contributed by atoms with Crippen molar-refractivity contribution in [2.45, 2.75) is 19.4 Å². The molecule has 3 rings (SSSR count). The van der Waals surface area contributed by atoms with Crippen molar-refractivity contribution in [1.29, 1.82) is 0 Å². The number of nitrogens with one attached hydrogen (secondary N) is 2. The molecule has 2 N–H and O–H groups in total. The maximum atomic E-state index is 12.4. The number of carbonyl (C=O) groups excluding carboxylic acids is 2. The summed E-state index contributed by atoms with van der Waals surface area (Å²) < 4.78 is 1.97. The summed E-state index contributed by atoms with van der Waals surface area (Å²) in [5, 5.41) is 5.63. The molecule has 0 atom stereocenters. The normalized spacial score (nSPS) is 10.4. The van der Waals surface area contributed by atoms with E-state index < -0.39 is 0 Å². The number of amides is 3. The second-order valence-corrected chi connectivity index (χ2v) is 6.70. The number of nitrogens with zero attached hydrogens (tertiary/aromatic N) is 3. The lowest BCUT2D eigenvalue weighted by Crippen LogP contribution is -2.30. The zero-order chi connectivity index (χ0) is 20.5. The van der Waals surface area contributed by atoms with Gasteiger partial charge in [0.05, 0.1) is 12.7 Å². The van der Waals surface area contributed by atoms with Gasteiger partial charge in [0, 0.05) is 43.9 Å². The highest BCUT2D eigenvalue weighted by Gasteiger charge is 2.11. The predicted octanol–water partition coefficient (Wildman–Crippen LogP) is 3.30. The van der Waals surface area contributed by atoms with Gasteiger partial charge < -0.3 is 20.1 Å². The number of rotatable bonds is 8. The quantitative estimate of drug-likeness (QED) is 0.578. The summed E-state index contributed by atoms with van der Waals surface area (Å²) in [5.41, 5.74) is 2.44. The summed E-state index contributed by atoms with van der Waals surface area (Å²) in [6.07, 6.45) is 6.50. The molecule has 0 unspecified atom stereocenters. The summed E-state index contributed by atoms with van der Waals surface area (Å²) in [5.74, 6) is 0.00699. The molecule has 3 aromatic rings. The van der Waals surface area contributed by atoms with E-state index in [1.807, 2.05) is 53.2 Å². The van der Waals surface area contributed by atoms with E-state index in [1.54, 1.807) is 36.6 Å². The number of carbonyl (C=O) groups is 2. The van der Waals surface area contributed by atoms with Gasteiger partial charge in [0.1, 0.15) is 0 Å². The van der Waals surface area contributed by atoms with E-state index in [0.717, 1.165) is 24.2 Å². The van der Waals surface area contributed by atoms with Crippen molar-refractivity contribution in [2.24, 2.45) is 0 Å². The Morgan fingerprint density at radius 3 is 2.52 bits per heavy atom. The van der Waals surface area contributed by atoms with Gasteiger partial charge in [-0.25, -0.2) is 9.78 Å². The topological polar surface area (TPSA) is 79.3 Å². The third kappa shape index (κ3) is 6.21. The van der Waals surface area contributed by atoms with E-state index in [0.29, 0.717) is 18.7 Å². The van der Waals surface area contributed by atoms with E-state index in [-0.39, 0.29) is 11.9 Å². The van der Waals surface area contributed by atoms with Crippen LogP contribution in [0.4, 0.5) is 16.2 Å². The van der Waals surface area contributed by atoms with Crippen molar-refractivity contribution in [3.05, 3.63) is 78.9 Å². The molecule has 0 aliphatic rings. The van der Waals surface area contributed by atoms with Crippen molar-refractivity contribution in [3.8, 4) is 0 Å². The molecule has 0 saturated carbocycles. The number of hydrogen-bond donors (Lipinski definition) is 2. The van der Waals surface area contributed by atoms with Gasteiger partial charge in [0.15, 0.2) is 0 Å². The van der Waals surface area contributed by atoms with Gasteiger partial charge >= 0.3 is 6.03 Å². The first-order valence-corrected chi connectivity index (χ1v) is 9.53. The Labute approximate surface area is 170 Å². The monoisotopic (exact) mass is 391 g/mol. The van der Waals surface area contributed by atoms with E-state index >= 15 is 0 Å². The number of anilines is 2. The van der Waals surface area contributed by atoms with Gasteiger partial charge in [-0.05, 0) is 36.2 Å². The van der Waals surface area contributed by atoms with Gasteiger partial charge in [-0.15, -0.1) is 0 Å². The molecule has 2 aromatic carbocycles. The standard InChI is InChI=1S/C22H25N5O2/c1-26(20-6-3-2-4-7-20)21(28)16-18-8-10-19(11-9-18)25-22(29)24-12-5-14-27-15-13-23-17-27/h2-4,6-11,13,15,17H,5,12,14,16H2,1H3,(H2,24,25,29). The first kappa shape index (κ1) is 20.1. The van der Waals surface area contributed by atoms with Crippen LogP contribution in [0.25, 0.3) is 0 Å². The van der Waals surface area contributed by atoms with Crippen LogP contribution in [0, 0.1) is 0 Å². The summed E-state index contributed by atoms with van der Waals surface area (Å²) in [6, 6.07) is 16.6. The molecule has 0 spiro atoms. The van der Waals surface area contributed by atoms with Crippen LogP contribution in [0.5, 0.6) is 0 Å². The van der Waals surface area contributed by atoms with Crippen LogP contribution in [0.3, 0.4) is 0 Å². The molecule has 0 aliphatic carbocycles. The lowest BCUT2D eigenvalue weighted by atomic mass is 10.1. The maximum absolute atomic E-state index is 12.4. The highest BCUT2D eigenvalue weighted by molar-refractivity contribution is 5.94. The Bertz CT molecular complexity index is 908. The SMILES string of the molecule is CN(C(=O)Cc1ccc(NC(=O)NCCCn2ccnc2)cc1)c1ccccc1. The fourth-order valence-electron chi connectivity index (χ4n) is 2.85. The first-order valence-electron chi connectivity index (χ1n) is 9.53. The Kier molecular flexibility index (Phi) is 7.00. The van der Waals surface area contributed by atoms with E-state index in [9.17, 15) is 9.59 Å². The molecule has 0 aliphatic heterocycles. The Morgan fingerprint density at radius 1 is 1.07 bits per heavy atom. The van der Waals surface area contributed by atoms with Crippen LogP contribution in [0.1, 0.15) is 12.0 Å². The number of aromatic nitrogens is 2. The van der Waals surface area contributed by atoms with Crippen LogP contribution in [-0.2, 0) is 17.8 Å². The van der Waals surface area contributed by atoms with Crippen LogP contribution in [0.2, 0.25) is 0 Å². The van der Waals surface area contributed by atoms with Crippen molar-refractivity contribution >= 4 is 23.3 Å². The van der Waals surface area contributed by atoms with Crippen molar-refractivity contribution < 1.29 is 9.59 Å². The Morgan fingerprint density at radius 2 is 1.83 bits per heavy atom. The third-order valence-corrected chi connectivity index (χ3v) is 4.52. The molecule has 150 valence electrons. The molecule has 1 aromatic heterocycles. The summed E-state index contributed by atoms with van der Waals surface area (Å²) >= 11 is 0. The summed E-state index contributed by atoms with van der Waals surface area (Å²) in [7, 11) is 1.77. The molecule has 0 saturated heterocycles. The van der Waals surface area contributed by atoms with Gasteiger partial charge in [0.25, 0.3) is 0 Å². The molecule has 0 radical (unpaired) electrons. The first-order chi connectivity index (χ1) is 14.1. The predicted molar refractivity (Wildman–Crippen MR) is 114 cm³/mol. The van der Waals surface area contributed by atoms with E-state index in [4.69, 9.17) is 0 Å². The molecule has 0 bridgehead atoms. The molecular formula is C22H25N5O2. The molecule has 7 heteroatoms. The zero-order valence-electron chi connectivity index (χ0n) is 16.4. The number of hydrogen-bond acceptors (Lipinski definition) is 3. The summed E-state index contributed by atoms with van der Waals surface area (Å²) in [6.45, 7) is 1.38. The van der Waals surface area contributed by atoms with Crippen molar-refractivity contribution in [1.82, 2.24) is 14.9 Å². The lowest BCUT2D eigenvalue weighted by molar-refractivity contribution is -0.117. The number of imidazole rings is 1. The summed E-state index contributed by atoms with van der Waals surface area (Å²) in [4.78, 5) is 30.1. The molecule has 29 heavy (non-hydrogen) atoms. The highest BCUT2D eigenvalue weighted by atomic mass is 16.2.